The summed E-state index contributed by atoms with van der Waals surface area (Å²) in [4.78, 5) is 10.7. The molecule has 0 fully saturated rings. The maximum Gasteiger partial charge on any atom is 0.313 e. The van der Waals surface area contributed by atoms with Crippen molar-refractivity contribution >= 4 is 5.69 Å². The molecule has 1 aromatic heterocycles. The van der Waals surface area contributed by atoms with Crippen LogP contribution in [0.2, 0.25) is 0 Å². The molecule has 0 aliphatic heterocycles. The number of methoxy groups -OCH3 is 1. The first-order valence-corrected chi connectivity index (χ1v) is 5.90. The summed E-state index contributed by atoms with van der Waals surface area (Å²) in [5, 5.41) is 18.4. The second-order valence-electron chi connectivity index (χ2n) is 4.18. The van der Waals surface area contributed by atoms with Crippen LogP contribution >= 0.6 is 0 Å². The van der Waals surface area contributed by atoms with Crippen molar-refractivity contribution in [1.29, 1.82) is 0 Å². The summed E-state index contributed by atoms with van der Waals surface area (Å²) in [5.74, 6) is 0. The highest BCUT2D eigenvalue weighted by atomic mass is 16.6. The summed E-state index contributed by atoms with van der Waals surface area (Å²) in [6.45, 7) is 4.94. The van der Waals surface area contributed by atoms with Crippen LogP contribution in [0.15, 0.2) is 0 Å². The van der Waals surface area contributed by atoms with Crippen LogP contribution < -0.4 is 5.32 Å². The molecule has 1 aromatic rings. The van der Waals surface area contributed by atoms with Crippen LogP contribution in [0.25, 0.3) is 0 Å². The minimum Gasteiger partial charge on any atom is -0.383 e. The van der Waals surface area contributed by atoms with Gasteiger partial charge < -0.3 is 10.1 Å². The van der Waals surface area contributed by atoms with E-state index in [9.17, 15) is 10.1 Å². The molecule has 1 N–H and O–H groups in total. The van der Waals surface area contributed by atoms with Crippen LogP contribution in [0.3, 0.4) is 0 Å². The molecule has 102 valence electrons. The fourth-order valence-corrected chi connectivity index (χ4v) is 2.07. The van der Waals surface area contributed by atoms with Gasteiger partial charge in [0.05, 0.1) is 11.5 Å². The van der Waals surface area contributed by atoms with Gasteiger partial charge in [0.1, 0.15) is 11.4 Å². The van der Waals surface area contributed by atoms with Crippen LogP contribution in [-0.4, -0.2) is 41.0 Å². The third-order valence-electron chi connectivity index (χ3n) is 2.79. The maximum atomic E-state index is 11.1. The summed E-state index contributed by atoms with van der Waals surface area (Å²) in [6.07, 6.45) is 0.523. The van der Waals surface area contributed by atoms with E-state index in [1.165, 1.54) is 0 Å². The monoisotopic (exact) mass is 256 g/mol. The zero-order valence-electron chi connectivity index (χ0n) is 11.3. The van der Waals surface area contributed by atoms with Gasteiger partial charge in [-0.25, -0.2) is 0 Å². The SMILES string of the molecule is CCNC(COC)Cc1c([N+](=O)[O-])c(C)nn1C. The molecule has 0 spiro atoms. The highest BCUT2D eigenvalue weighted by Gasteiger charge is 2.25. The molecular weight excluding hydrogens is 236 g/mol. The molecule has 0 aliphatic rings. The standard InChI is InChI=1S/C11H20N4O3/c1-5-12-9(7-18-4)6-10-11(15(16)17)8(2)13-14(10)3/h9,12H,5-7H2,1-4H3. The first kappa shape index (κ1) is 14.6. The van der Waals surface area contributed by atoms with Crippen molar-refractivity contribution in [2.75, 3.05) is 20.3 Å². The average Bonchev–Trinajstić information content (AvgIpc) is 2.54. The van der Waals surface area contributed by atoms with Gasteiger partial charge in [0, 0.05) is 26.6 Å². The lowest BCUT2D eigenvalue weighted by molar-refractivity contribution is -0.386. The molecule has 0 aromatic carbocycles. The number of hydrogen-bond acceptors (Lipinski definition) is 5. The Labute approximate surface area is 106 Å². The number of aryl methyl sites for hydroxylation is 2. The lowest BCUT2D eigenvalue weighted by Crippen LogP contribution is -2.35. The Morgan fingerprint density at radius 1 is 1.61 bits per heavy atom. The first-order chi connectivity index (χ1) is 8.51. The predicted octanol–water partition coefficient (Wildman–Crippen LogP) is 0.804. The van der Waals surface area contributed by atoms with Crippen LogP contribution in [0.5, 0.6) is 0 Å². The second-order valence-corrected chi connectivity index (χ2v) is 4.18. The number of nitrogens with zero attached hydrogens (tertiary/aromatic N) is 3. The van der Waals surface area contributed by atoms with Crippen molar-refractivity contribution in [3.05, 3.63) is 21.5 Å². The van der Waals surface area contributed by atoms with Gasteiger partial charge in [-0.05, 0) is 13.5 Å². The Kier molecular flexibility index (Phi) is 5.24. The lowest BCUT2D eigenvalue weighted by Gasteiger charge is -2.16. The Morgan fingerprint density at radius 3 is 2.78 bits per heavy atom. The van der Waals surface area contributed by atoms with Gasteiger partial charge >= 0.3 is 5.69 Å². The Hall–Kier alpha value is -1.47. The average molecular weight is 256 g/mol. The first-order valence-electron chi connectivity index (χ1n) is 5.90. The summed E-state index contributed by atoms with van der Waals surface area (Å²) < 4.78 is 6.69. The van der Waals surface area contributed by atoms with Crippen molar-refractivity contribution < 1.29 is 9.66 Å². The van der Waals surface area contributed by atoms with E-state index in [0.29, 0.717) is 24.4 Å². The van der Waals surface area contributed by atoms with E-state index in [4.69, 9.17) is 4.74 Å². The molecule has 1 atom stereocenters. The zero-order chi connectivity index (χ0) is 13.7. The van der Waals surface area contributed by atoms with E-state index in [-0.39, 0.29) is 16.7 Å². The van der Waals surface area contributed by atoms with Crippen molar-refractivity contribution in [3.63, 3.8) is 0 Å². The lowest BCUT2D eigenvalue weighted by atomic mass is 10.1. The molecule has 7 nitrogen and oxygen atoms in total. The minimum atomic E-state index is -0.368. The van der Waals surface area contributed by atoms with E-state index in [2.05, 4.69) is 10.4 Å². The Balaban J connectivity index is 2.97. The zero-order valence-corrected chi connectivity index (χ0v) is 11.3. The molecule has 0 aliphatic carbocycles. The normalized spacial score (nSPS) is 12.7. The van der Waals surface area contributed by atoms with Gasteiger partial charge in [-0.2, -0.15) is 5.10 Å². The molecule has 1 rings (SSSR count). The van der Waals surface area contributed by atoms with Crippen LogP contribution in [0.4, 0.5) is 5.69 Å². The van der Waals surface area contributed by atoms with Crippen LogP contribution in [0.1, 0.15) is 18.3 Å². The van der Waals surface area contributed by atoms with Gasteiger partial charge in [-0.15, -0.1) is 0 Å². The molecule has 0 amide bonds. The molecule has 1 unspecified atom stereocenters. The Morgan fingerprint density at radius 2 is 2.28 bits per heavy atom. The molecule has 0 bridgehead atoms. The number of nitrogens with one attached hydrogen (secondary N) is 1. The fraction of sp³-hybridized carbons (Fsp3) is 0.727. The van der Waals surface area contributed by atoms with E-state index >= 15 is 0 Å². The number of aromatic nitrogens is 2. The molecule has 0 radical (unpaired) electrons. The number of ether oxygens (including phenoxy) is 1. The Bertz CT molecular complexity index is 411. The van der Waals surface area contributed by atoms with Crippen molar-refractivity contribution in [3.8, 4) is 0 Å². The van der Waals surface area contributed by atoms with Crippen LogP contribution in [0, 0.1) is 17.0 Å². The van der Waals surface area contributed by atoms with Gasteiger partial charge in [0.2, 0.25) is 0 Å². The molecule has 7 heteroatoms. The number of rotatable bonds is 7. The number of hydrogen-bond donors (Lipinski definition) is 1. The van der Waals surface area contributed by atoms with Gasteiger partial charge in [-0.3, -0.25) is 14.8 Å². The predicted molar refractivity (Wildman–Crippen MR) is 67.6 cm³/mol. The molecule has 18 heavy (non-hydrogen) atoms. The number of nitro groups is 1. The maximum absolute atomic E-state index is 11.1. The van der Waals surface area contributed by atoms with E-state index in [1.807, 2.05) is 6.92 Å². The molecule has 0 saturated heterocycles. The molecular formula is C11H20N4O3. The fourth-order valence-electron chi connectivity index (χ4n) is 2.07. The van der Waals surface area contributed by atoms with Crippen molar-refractivity contribution in [2.45, 2.75) is 26.3 Å². The minimum absolute atomic E-state index is 0.0495. The largest absolute Gasteiger partial charge is 0.383 e. The summed E-state index contributed by atoms with van der Waals surface area (Å²) in [6, 6.07) is 0.0495. The third-order valence-corrected chi connectivity index (χ3v) is 2.79. The van der Waals surface area contributed by atoms with Crippen molar-refractivity contribution in [2.24, 2.45) is 7.05 Å². The van der Waals surface area contributed by atoms with E-state index < -0.39 is 0 Å². The molecule has 1 heterocycles. The summed E-state index contributed by atoms with van der Waals surface area (Å²) in [7, 11) is 3.35. The number of likely N-dealkylation sites (N-methyl/N-ethyl adjacent to an activating group) is 1. The highest BCUT2D eigenvalue weighted by molar-refractivity contribution is 5.40. The van der Waals surface area contributed by atoms with E-state index in [0.717, 1.165) is 6.54 Å². The van der Waals surface area contributed by atoms with Gasteiger partial charge in [0.25, 0.3) is 0 Å². The highest BCUT2D eigenvalue weighted by Crippen LogP contribution is 2.23. The van der Waals surface area contributed by atoms with Crippen molar-refractivity contribution in [1.82, 2.24) is 15.1 Å². The topological polar surface area (TPSA) is 82.2 Å². The summed E-state index contributed by atoms with van der Waals surface area (Å²) in [5.41, 5.74) is 1.18. The van der Waals surface area contributed by atoms with Gasteiger partial charge in [0.15, 0.2) is 0 Å². The summed E-state index contributed by atoms with van der Waals surface area (Å²) >= 11 is 0. The molecule has 0 saturated carbocycles. The quantitative estimate of drug-likeness (QED) is 0.576. The van der Waals surface area contributed by atoms with Crippen LogP contribution in [-0.2, 0) is 18.2 Å². The smallest absolute Gasteiger partial charge is 0.313 e. The van der Waals surface area contributed by atoms with Gasteiger partial charge in [-0.1, -0.05) is 6.92 Å². The third kappa shape index (κ3) is 3.27. The van der Waals surface area contributed by atoms with E-state index in [1.54, 1.807) is 25.8 Å². The second kappa shape index (κ2) is 6.46.